The standard InChI is InChI=1S/C14H24N4O/c1-4-18-13(15-11-16-18)10-12(19)14(17(2)3)8-6-5-7-9-14/h11H,4-10H2,1-3H3. The number of nitrogens with zero attached hydrogens (tertiary/aromatic N) is 4. The molecule has 1 fully saturated rings. The number of carbonyl (C=O) groups is 1. The number of hydrogen-bond donors (Lipinski definition) is 0. The Morgan fingerprint density at radius 2 is 2.05 bits per heavy atom. The van der Waals surface area contributed by atoms with Crippen LogP contribution in [0.1, 0.15) is 44.9 Å². The molecule has 0 unspecified atom stereocenters. The molecule has 0 atom stereocenters. The first-order chi connectivity index (χ1) is 9.10. The van der Waals surface area contributed by atoms with Crippen molar-refractivity contribution >= 4 is 5.78 Å². The fourth-order valence-electron chi connectivity index (χ4n) is 3.11. The van der Waals surface area contributed by atoms with Gasteiger partial charge in [-0.05, 0) is 33.9 Å². The molecule has 0 amide bonds. The lowest BCUT2D eigenvalue weighted by Crippen LogP contribution is -2.53. The van der Waals surface area contributed by atoms with Crippen LogP contribution in [0.5, 0.6) is 0 Å². The summed E-state index contributed by atoms with van der Waals surface area (Å²) in [6.45, 7) is 2.78. The lowest BCUT2D eigenvalue weighted by Gasteiger charge is -2.41. The largest absolute Gasteiger partial charge is 0.297 e. The number of hydrogen-bond acceptors (Lipinski definition) is 4. The van der Waals surface area contributed by atoms with Crippen LogP contribution in [0, 0.1) is 0 Å². The van der Waals surface area contributed by atoms with Crippen molar-refractivity contribution in [3.63, 3.8) is 0 Å². The van der Waals surface area contributed by atoms with E-state index < -0.39 is 0 Å². The van der Waals surface area contributed by atoms with Crippen LogP contribution in [0.25, 0.3) is 0 Å². The molecule has 19 heavy (non-hydrogen) atoms. The second-order valence-corrected chi connectivity index (χ2v) is 5.58. The Balaban J connectivity index is 2.16. The summed E-state index contributed by atoms with van der Waals surface area (Å²) in [5.41, 5.74) is -0.289. The van der Waals surface area contributed by atoms with Crippen molar-refractivity contribution in [1.82, 2.24) is 19.7 Å². The van der Waals surface area contributed by atoms with Crippen LogP contribution in [0.3, 0.4) is 0 Å². The third-order valence-electron chi connectivity index (χ3n) is 4.37. The van der Waals surface area contributed by atoms with E-state index in [1.807, 2.05) is 25.7 Å². The Labute approximate surface area is 115 Å². The summed E-state index contributed by atoms with van der Waals surface area (Å²) < 4.78 is 1.81. The van der Waals surface area contributed by atoms with Crippen molar-refractivity contribution in [3.05, 3.63) is 12.2 Å². The van der Waals surface area contributed by atoms with E-state index in [0.717, 1.165) is 38.1 Å². The molecule has 1 aromatic heterocycles. The average Bonchev–Trinajstić information content (AvgIpc) is 2.86. The van der Waals surface area contributed by atoms with E-state index in [2.05, 4.69) is 15.0 Å². The average molecular weight is 264 g/mol. The molecule has 5 heteroatoms. The number of likely N-dealkylation sites (N-methyl/N-ethyl adjacent to an activating group) is 1. The molecule has 0 radical (unpaired) electrons. The van der Waals surface area contributed by atoms with Crippen molar-refractivity contribution in [2.24, 2.45) is 0 Å². The minimum atomic E-state index is -0.289. The van der Waals surface area contributed by atoms with Gasteiger partial charge in [0.2, 0.25) is 0 Å². The molecule has 0 bridgehead atoms. The number of Topliss-reactive ketones (excluding diaryl/α,β-unsaturated/α-hetero) is 1. The van der Waals surface area contributed by atoms with Gasteiger partial charge in [0.15, 0.2) is 5.78 Å². The number of rotatable bonds is 5. The van der Waals surface area contributed by atoms with Crippen molar-refractivity contribution in [1.29, 1.82) is 0 Å². The summed E-state index contributed by atoms with van der Waals surface area (Å²) in [6.07, 6.45) is 7.41. The topological polar surface area (TPSA) is 51.0 Å². The van der Waals surface area contributed by atoms with Crippen molar-refractivity contribution < 1.29 is 4.79 Å². The molecule has 1 saturated carbocycles. The zero-order chi connectivity index (χ0) is 13.9. The lowest BCUT2D eigenvalue weighted by atomic mass is 9.76. The van der Waals surface area contributed by atoms with Gasteiger partial charge in [-0.2, -0.15) is 5.10 Å². The molecule has 0 spiro atoms. The minimum absolute atomic E-state index is 0.289. The van der Waals surface area contributed by atoms with Crippen LogP contribution in [0.4, 0.5) is 0 Å². The summed E-state index contributed by atoms with van der Waals surface area (Å²) in [7, 11) is 4.04. The van der Waals surface area contributed by atoms with E-state index in [1.54, 1.807) is 0 Å². The van der Waals surface area contributed by atoms with Gasteiger partial charge in [0.05, 0.1) is 12.0 Å². The summed E-state index contributed by atoms with van der Waals surface area (Å²) >= 11 is 0. The van der Waals surface area contributed by atoms with Gasteiger partial charge in [-0.25, -0.2) is 9.67 Å². The molecule has 1 aliphatic carbocycles. The summed E-state index contributed by atoms with van der Waals surface area (Å²) in [6, 6.07) is 0. The first-order valence-electron chi connectivity index (χ1n) is 7.17. The van der Waals surface area contributed by atoms with Crippen LogP contribution >= 0.6 is 0 Å². The second-order valence-electron chi connectivity index (χ2n) is 5.58. The smallest absolute Gasteiger partial charge is 0.160 e. The van der Waals surface area contributed by atoms with E-state index in [-0.39, 0.29) is 5.54 Å². The Bertz CT molecular complexity index is 432. The monoisotopic (exact) mass is 264 g/mol. The van der Waals surface area contributed by atoms with Gasteiger partial charge in [-0.3, -0.25) is 9.69 Å². The van der Waals surface area contributed by atoms with E-state index in [1.165, 1.54) is 12.7 Å². The summed E-state index contributed by atoms with van der Waals surface area (Å²) in [5.74, 6) is 1.08. The molecule has 0 aromatic carbocycles. The van der Waals surface area contributed by atoms with Crippen LogP contribution in [-0.4, -0.2) is 45.1 Å². The highest BCUT2D eigenvalue weighted by Gasteiger charge is 2.41. The van der Waals surface area contributed by atoms with E-state index in [4.69, 9.17) is 0 Å². The minimum Gasteiger partial charge on any atom is -0.297 e. The predicted molar refractivity (Wildman–Crippen MR) is 73.9 cm³/mol. The second kappa shape index (κ2) is 5.82. The van der Waals surface area contributed by atoms with Gasteiger partial charge in [-0.1, -0.05) is 19.3 Å². The van der Waals surface area contributed by atoms with Gasteiger partial charge in [0.1, 0.15) is 12.2 Å². The molecule has 5 nitrogen and oxygen atoms in total. The molecular weight excluding hydrogens is 240 g/mol. The quantitative estimate of drug-likeness (QED) is 0.812. The lowest BCUT2D eigenvalue weighted by molar-refractivity contribution is -0.131. The molecular formula is C14H24N4O. The van der Waals surface area contributed by atoms with Crippen LogP contribution in [0.15, 0.2) is 6.33 Å². The molecule has 0 saturated heterocycles. The van der Waals surface area contributed by atoms with Gasteiger partial charge in [-0.15, -0.1) is 0 Å². The maximum Gasteiger partial charge on any atom is 0.160 e. The number of aromatic nitrogens is 3. The molecule has 106 valence electrons. The van der Waals surface area contributed by atoms with Crippen molar-refractivity contribution in [2.45, 2.75) is 57.5 Å². The normalized spacial score (nSPS) is 18.7. The van der Waals surface area contributed by atoms with Gasteiger partial charge in [0, 0.05) is 6.54 Å². The van der Waals surface area contributed by atoms with Crippen LogP contribution in [0.2, 0.25) is 0 Å². The Kier molecular flexibility index (Phi) is 4.34. The van der Waals surface area contributed by atoms with Crippen molar-refractivity contribution in [2.75, 3.05) is 14.1 Å². The predicted octanol–water partition coefficient (Wildman–Crippen LogP) is 1.67. The third-order valence-corrected chi connectivity index (χ3v) is 4.37. The van der Waals surface area contributed by atoms with Crippen LogP contribution in [-0.2, 0) is 17.8 Å². The highest BCUT2D eigenvalue weighted by Crippen LogP contribution is 2.33. The first kappa shape index (κ1) is 14.2. The van der Waals surface area contributed by atoms with Crippen LogP contribution < -0.4 is 0 Å². The van der Waals surface area contributed by atoms with E-state index >= 15 is 0 Å². The molecule has 0 N–H and O–H groups in total. The van der Waals surface area contributed by atoms with Gasteiger partial charge in [0.25, 0.3) is 0 Å². The molecule has 1 aromatic rings. The van der Waals surface area contributed by atoms with Gasteiger partial charge < -0.3 is 0 Å². The highest BCUT2D eigenvalue weighted by atomic mass is 16.1. The maximum atomic E-state index is 12.8. The Morgan fingerprint density at radius 3 is 2.63 bits per heavy atom. The summed E-state index contributed by atoms with van der Waals surface area (Å²) in [5, 5.41) is 4.14. The highest BCUT2D eigenvalue weighted by molar-refractivity contribution is 5.89. The Hall–Kier alpha value is -1.23. The SMILES string of the molecule is CCn1ncnc1CC(=O)C1(N(C)C)CCCCC1. The van der Waals surface area contributed by atoms with E-state index in [0.29, 0.717) is 12.2 Å². The van der Waals surface area contributed by atoms with Crippen molar-refractivity contribution in [3.8, 4) is 0 Å². The summed E-state index contributed by atoms with van der Waals surface area (Å²) in [4.78, 5) is 19.1. The number of ketones is 1. The molecule has 2 rings (SSSR count). The number of carbonyl (C=O) groups excluding carboxylic acids is 1. The molecule has 1 heterocycles. The zero-order valence-corrected chi connectivity index (χ0v) is 12.2. The van der Waals surface area contributed by atoms with E-state index in [9.17, 15) is 4.79 Å². The van der Waals surface area contributed by atoms with Gasteiger partial charge >= 0.3 is 0 Å². The number of aryl methyl sites for hydroxylation is 1. The molecule has 0 aliphatic heterocycles. The first-order valence-corrected chi connectivity index (χ1v) is 7.17. The zero-order valence-electron chi connectivity index (χ0n) is 12.2. The fourth-order valence-corrected chi connectivity index (χ4v) is 3.11. The third kappa shape index (κ3) is 2.71. The Morgan fingerprint density at radius 1 is 1.37 bits per heavy atom. The fraction of sp³-hybridized carbons (Fsp3) is 0.786. The maximum absolute atomic E-state index is 12.8. The molecule has 1 aliphatic rings.